The molecule has 1 heterocycles. The maximum atomic E-state index is 2.26. The average Bonchev–Trinajstić information content (AvgIpc) is 2.33. The van der Waals surface area contributed by atoms with E-state index < -0.39 is 0 Å². The van der Waals surface area contributed by atoms with Gasteiger partial charge in [0.15, 0.2) is 0 Å². The number of hydrogen-bond acceptors (Lipinski definition) is 2. The van der Waals surface area contributed by atoms with Crippen molar-refractivity contribution in [2.24, 2.45) is 0 Å². The topological polar surface area (TPSA) is 0 Å². The van der Waals surface area contributed by atoms with Gasteiger partial charge < -0.3 is 4.48 Å². The van der Waals surface area contributed by atoms with Crippen molar-refractivity contribution in [2.45, 2.75) is 17.7 Å². The lowest BCUT2D eigenvalue weighted by atomic mass is 10.4. The molecule has 0 aliphatic carbocycles. The summed E-state index contributed by atoms with van der Waals surface area (Å²) in [4.78, 5) is 1.49. The lowest BCUT2D eigenvalue weighted by Gasteiger charge is -2.22. The minimum Gasteiger partial charge on any atom is -0.326 e. The maximum absolute atomic E-state index is 2.26. The molecule has 0 unspecified atom stereocenters. The molecular weight excluding hydrogens is 198 g/mol. The van der Waals surface area contributed by atoms with E-state index in [0.29, 0.717) is 0 Å². The first-order valence-corrected chi connectivity index (χ1v) is 6.33. The summed E-state index contributed by atoms with van der Waals surface area (Å²) in [6.45, 7) is 3.33. The molecule has 0 bridgehead atoms. The third-order valence-corrected chi connectivity index (χ3v) is 3.73. The van der Waals surface area contributed by atoms with Gasteiger partial charge in [0.1, 0.15) is 6.54 Å². The monoisotopic (exact) mass is 216 g/mol. The molecule has 0 radical (unpaired) electrons. The van der Waals surface area contributed by atoms with Crippen molar-refractivity contribution >= 4 is 23.1 Å². The molecule has 74 valence electrons. The first-order chi connectivity index (χ1) is 6.01. The van der Waals surface area contributed by atoms with E-state index in [-0.39, 0.29) is 0 Å². The standard InChI is InChI=1S/C10H18NS2/c1-5-12-10-7-6-9(13-10)8-11(2,3)4/h6-7H,5,8H2,1-4H3/q+1. The molecule has 0 N–H and O–H groups in total. The molecule has 13 heavy (non-hydrogen) atoms. The van der Waals surface area contributed by atoms with Gasteiger partial charge in [0.25, 0.3) is 0 Å². The fourth-order valence-corrected chi connectivity index (χ4v) is 3.47. The molecule has 0 aromatic carbocycles. The molecule has 3 heteroatoms. The van der Waals surface area contributed by atoms with Gasteiger partial charge in [-0.2, -0.15) is 0 Å². The molecule has 0 saturated carbocycles. The highest BCUT2D eigenvalue weighted by Gasteiger charge is 2.10. The van der Waals surface area contributed by atoms with E-state index in [1.807, 2.05) is 23.1 Å². The minimum atomic E-state index is 1.01. The van der Waals surface area contributed by atoms with Crippen LogP contribution in [-0.4, -0.2) is 31.4 Å². The average molecular weight is 216 g/mol. The predicted molar refractivity (Wildman–Crippen MR) is 62.5 cm³/mol. The van der Waals surface area contributed by atoms with Gasteiger partial charge in [0.05, 0.1) is 30.2 Å². The Balaban J connectivity index is 2.59. The minimum absolute atomic E-state index is 1.01. The van der Waals surface area contributed by atoms with E-state index in [1.165, 1.54) is 14.8 Å². The van der Waals surface area contributed by atoms with Crippen molar-refractivity contribution in [3.8, 4) is 0 Å². The Hall–Kier alpha value is 0.01000. The maximum Gasteiger partial charge on any atom is 0.113 e. The van der Waals surface area contributed by atoms with Gasteiger partial charge >= 0.3 is 0 Å². The zero-order valence-electron chi connectivity index (χ0n) is 8.83. The fourth-order valence-electron chi connectivity index (χ4n) is 1.13. The molecule has 0 spiro atoms. The van der Waals surface area contributed by atoms with Gasteiger partial charge in [0.2, 0.25) is 0 Å². The second kappa shape index (κ2) is 4.49. The first kappa shape index (κ1) is 11.1. The molecule has 0 atom stereocenters. The van der Waals surface area contributed by atoms with E-state index in [1.54, 1.807) is 0 Å². The SMILES string of the molecule is CCSc1ccc(C[N+](C)(C)C)s1. The Bertz CT molecular complexity index is 260. The van der Waals surface area contributed by atoms with Gasteiger partial charge in [0, 0.05) is 0 Å². The molecule has 0 fully saturated rings. The van der Waals surface area contributed by atoms with Gasteiger partial charge in [-0.25, -0.2) is 0 Å². The lowest BCUT2D eigenvalue weighted by molar-refractivity contribution is -0.883. The Labute approximate surface area is 89.4 Å². The lowest BCUT2D eigenvalue weighted by Crippen LogP contribution is -2.32. The summed E-state index contributed by atoms with van der Waals surface area (Å²) in [6, 6.07) is 4.50. The molecule has 0 aliphatic heterocycles. The van der Waals surface area contributed by atoms with E-state index in [2.05, 4.69) is 40.2 Å². The van der Waals surface area contributed by atoms with Gasteiger partial charge in [-0.05, 0) is 17.9 Å². The van der Waals surface area contributed by atoms with E-state index >= 15 is 0 Å². The number of thiophene rings is 1. The largest absolute Gasteiger partial charge is 0.326 e. The van der Waals surface area contributed by atoms with Crippen LogP contribution < -0.4 is 0 Å². The van der Waals surface area contributed by atoms with Crippen LogP contribution in [0.2, 0.25) is 0 Å². The highest BCUT2D eigenvalue weighted by Crippen LogP contribution is 2.28. The first-order valence-electron chi connectivity index (χ1n) is 4.53. The molecule has 1 nitrogen and oxygen atoms in total. The van der Waals surface area contributed by atoms with Crippen molar-refractivity contribution in [3.05, 3.63) is 17.0 Å². The molecule has 1 rings (SSSR count). The highest BCUT2D eigenvalue weighted by molar-refractivity contribution is 8.01. The molecule has 0 amide bonds. The van der Waals surface area contributed by atoms with Gasteiger partial charge in [-0.15, -0.1) is 23.1 Å². The van der Waals surface area contributed by atoms with Crippen LogP contribution in [0.15, 0.2) is 16.3 Å². The van der Waals surface area contributed by atoms with Crippen LogP contribution >= 0.6 is 23.1 Å². The zero-order valence-corrected chi connectivity index (χ0v) is 10.5. The van der Waals surface area contributed by atoms with Crippen molar-refractivity contribution < 1.29 is 4.48 Å². The number of rotatable bonds is 4. The summed E-state index contributed by atoms with van der Waals surface area (Å²) in [6.07, 6.45) is 0. The molecule has 0 aliphatic rings. The quantitative estimate of drug-likeness (QED) is 0.550. The Morgan fingerprint density at radius 2 is 2.00 bits per heavy atom. The smallest absolute Gasteiger partial charge is 0.113 e. The number of nitrogens with zero attached hydrogens (tertiary/aromatic N) is 1. The molecule has 0 saturated heterocycles. The third kappa shape index (κ3) is 4.16. The van der Waals surface area contributed by atoms with Crippen LogP contribution in [0.25, 0.3) is 0 Å². The van der Waals surface area contributed by atoms with Crippen molar-refractivity contribution in [1.82, 2.24) is 0 Å². The van der Waals surface area contributed by atoms with Crippen LogP contribution in [0, 0.1) is 0 Å². The summed E-state index contributed by atoms with van der Waals surface area (Å²) in [5.74, 6) is 1.17. The van der Waals surface area contributed by atoms with Crippen molar-refractivity contribution in [1.29, 1.82) is 0 Å². The van der Waals surface area contributed by atoms with Crippen molar-refractivity contribution in [2.75, 3.05) is 26.9 Å². The zero-order chi connectivity index (χ0) is 9.90. The molecule has 1 aromatic rings. The predicted octanol–water partition coefficient (Wildman–Crippen LogP) is 3.07. The van der Waals surface area contributed by atoms with Gasteiger partial charge in [-0.3, -0.25) is 0 Å². The van der Waals surface area contributed by atoms with Crippen molar-refractivity contribution in [3.63, 3.8) is 0 Å². The van der Waals surface area contributed by atoms with Crippen LogP contribution in [-0.2, 0) is 6.54 Å². The summed E-state index contributed by atoms with van der Waals surface area (Å²) >= 11 is 3.87. The van der Waals surface area contributed by atoms with E-state index in [0.717, 1.165) is 11.0 Å². The Morgan fingerprint density at radius 3 is 2.54 bits per heavy atom. The van der Waals surface area contributed by atoms with Crippen LogP contribution in [0.1, 0.15) is 11.8 Å². The summed E-state index contributed by atoms with van der Waals surface area (Å²) in [7, 11) is 6.69. The van der Waals surface area contributed by atoms with Crippen LogP contribution in [0.5, 0.6) is 0 Å². The second-order valence-corrected chi connectivity index (χ2v) is 6.83. The summed E-state index contributed by atoms with van der Waals surface area (Å²) in [5, 5.41) is 0. The van der Waals surface area contributed by atoms with Gasteiger partial charge in [-0.1, -0.05) is 6.92 Å². The summed E-state index contributed by atoms with van der Waals surface area (Å²) < 4.78 is 2.46. The number of thioether (sulfide) groups is 1. The number of hydrogen-bond donors (Lipinski definition) is 0. The Kier molecular flexibility index (Phi) is 3.83. The van der Waals surface area contributed by atoms with Crippen LogP contribution in [0.3, 0.4) is 0 Å². The highest BCUT2D eigenvalue weighted by atomic mass is 32.2. The van der Waals surface area contributed by atoms with E-state index in [9.17, 15) is 0 Å². The molecule has 1 aromatic heterocycles. The normalized spacial score (nSPS) is 12.0. The fraction of sp³-hybridized carbons (Fsp3) is 0.600. The Morgan fingerprint density at radius 1 is 1.31 bits per heavy atom. The second-order valence-electron chi connectivity index (χ2n) is 4.10. The third-order valence-electron chi connectivity index (χ3n) is 1.55. The van der Waals surface area contributed by atoms with Crippen LogP contribution in [0.4, 0.5) is 0 Å². The summed E-state index contributed by atoms with van der Waals surface area (Å²) in [5.41, 5.74) is 0. The van der Waals surface area contributed by atoms with E-state index in [4.69, 9.17) is 0 Å². The molecular formula is C10H18NS2+. The number of quaternary nitrogens is 1.